The van der Waals surface area contributed by atoms with Crippen LogP contribution >= 0.6 is 0 Å². The predicted molar refractivity (Wildman–Crippen MR) is 93.5 cm³/mol. The van der Waals surface area contributed by atoms with Gasteiger partial charge in [-0.2, -0.15) is 0 Å². The van der Waals surface area contributed by atoms with Crippen LogP contribution < -0.4 is 5.32 Å². The van der Waals surface area contributed by atoms with Gasteiger partial charge in [-0.05, 0) is 30.6 Å². The zero-order valence-electron chi connectivity index (χ0n) is 13.7. The van der Waals surface area contributed by atoms with Gasteiger partial charge in [-0.1, -0.05) is 60.7 Å². The third-order valence-electron chi connectivity index (χ3n) is 4.84. The van der Waals surface area contributed by atoms with E-state index in [0.717, 1.165) is 13.0 Å². The maximum absolute atomic E-state index is 6.85. The Balaban J connectivity index is 1.94. The minimum absolute atomic E-state index is 0.228. The normalized spacial score (nSPS) is 28.3. The van der Waals surface area contributed by atoms with E-state index in [1.54, 1.807) is 0 Å². The summed E-state index contributed by atoms with van der Waals surface area (Å²) in [4.78, 5) is 0. The number of nitrogens with one attached hydrogen (secondary N) is 1. The molecule has 4 heteroatoms. The Bertz CT molecular complexity index is 635. The number of rotatable bonds is 2. The highest BCUT2D eigenvalue weighted by Gasteiger charge is 2.54. The summed E-state index contributed by atoms with van der Waals surface area (Å²) in [7, 11) is -2.24. The molecule has 0 spiro atoms. The number of fused-ring (bicyclic) bond motifs is 2. The Morgan fingerprint density at radius 2 is 1.52 bits per heavy atom. The molecule has 120 valence electrons. The summed E-state index contributed by atoms with van der Waals surface area (Å²) in [5, 5.41) is 3.66. The van der Waals surface area contributed by atoms with E-state index in [0.29, 0.717) is 0 Å². The molecule has 2 atom stereocenters. The van der Waals surface area contributed by atoms with Gasteiger partial charge in [-0.3, -0.25) is 0 Å². The highest BCUT2D eigenvalue weighted by atomic mass is 28.4. The summed E-state index contributed by atoms with van der Waals surface area (Å²) in [6, 6.07) is 21.4. The lowest BCUT2D eigenvalue weighted by atomic mass is 9.79. The van der Waals surface area contributed by atoms with Crippen molar-refractivity contribution in [1.82, 2.24) is 5.32 Å². The van der Waals surface area contributed by atoms with E-state index >= 15 is 0 Å². The van der Waals surface area contributed by atoms with Crippen molar-refractivity contribution in [3.63, 3.8) is 0 Å². The van der Waals surface area contributed by atoms with Crippen LogP contribution in [-0.4, -0.2) is 27.3 Å². The van der Waals surface area contributed by atoms with Crippen LogP contribution in [0.1, 0.15) is 17.5 Å². The third-order valence-corrected chi connectivity index (χ3v) is 6.56. The molecule has 3 nitrogen and oxygen atoms in total. The Morgan fingerprint density at radius 3 is 2.09 bits per heavy atom. The summed E-state index contributed by atoms with van der Waals surface area (Å²) < 4.78 is 13.2. The molecule has 23 heavy (non-hydrogen) atoms. The van der Waals surface area contributed by atoms with Crippen molar-refractivity contribution in [2.24, 2.45) is 0 Å². The fourth-order valence-electron chi connectivity index (χ4n) is 4.05. The SMILES string of the molecule is C[Si]1(C)O[C@H]2CN[C@H](C2)C(c2ccccc2)(c2ccccc2)O1. The van der Waals surface area contributed by atoms with Crippen LogP contribution in [0.15, 0.2) is 60.7 Å². The molecular formula is C19H23NO2Si. The molecule has 2 aromatic carbocycles. The molecule has 2 heterocycles. The van der Waals surface area contributed by atoms with Crippen molar-refractivity contribution in [1.29, 1.82) is 0 Å². The Hall–Kier alpha value is -1.46. The van der Waals surface area contributed by atoms with E-state index in [1.807, 2.05) is 0 Å². The van der Waals surface area contributed by atoms with Crippen LogP contribution in [-0.2, 0) is 14.5 Å². The monoisotopic (exact) mass is 325 g/mol. The molecule has 1 N–H and O–H groups in total. The molecule has 4 rings (SSSR count). The maximum Gasteiger partial charge on any atom is 0.333 e. The van der Waals surface area contributed by atoms with E-state index in [9.17, 15) is 0 Å². The Kier molecular flexibility index (Phi) is 3.65. The Morgan fingerprint density at radius 1 is 0.957 bits per heavy atom. The van der Waals surface area contributed by atoms with Gasteiger partial charge in [0.2, 0.25) is 0 Å². The van der Waals surface area contributed by atoms with Crippen molar-refractivity contribution < 1.29 is 8.85 Å². The smallest absolute Gasteiger partial charge is 0.333 e. The van der Waals surface area contributed by atoms with E-state index in [1.165, 1.54) is 11.1 Å². The van der Waals surface area contributed by atoms with E-state index in [-0.39, 0.29) is 12.1 Å². The molecule has 2 aliphatic rings. The molecule has 2 saturated heterocycles. The van der Waals surface area contributed by atoms with Crippen LogP contribution in [0.3, 0.4) is 0 Å². The van der Waals surface area contributed by atoms with Crippen LogP contribution in [0.2, 0.25) is 13.1 Å². The second-order valence-electron chi connectivity index (χ2n) is 6.91. The van der Waals surface area contributed by atoms with Crippen molar-refractivity contribution in [2.45, 2.75) is 37.3 Å². The van der Waals surface area contributed by atoms with Gasteiger partial charge in [-0.15, -0.1) is 0 Å². The number of benzene rings is 2. The summed E-state index contributed by atoms with van der Waals surface area (Å²) in [5.41, 5.74) is 1.93. The van der Waals surface area contributed by atoms with Gasteiger partial charge in [0, 0.05) is 12.6 Å². The van der Waals surface area contributed by atoms with E-state index in [2.05, 4.69) is 79.1 Å². The number of hydrogen-bond donors (Lipinski definition) is 1. The molecule has 0 aliphatic carbocycles. The summed E-state index contributed by atoms with van der Waals surface area (Å²) in [5.74, 6) is 0. The minimum atomic E-state index is -2.24. The van der Waals surface area contributed by atoms with Crippen LogP contribution in [0.25, 0.3) is 0 Å². The molecule has 0 amide bonds. The molecule has 2 fully saturated rings. The predicted octanol–water partition coefficient (Wildman–Crippen LogP) is 3.41. The molecule has 0 unspecified atom stereocenters. The molecule has 0 aromatic heterocycles. The maximum atomic E-state index is 6.85. The highest BCUT2D eigenvalue weighted by Crippen LogP contribution is 2.45. The lowest BCUT2D eigenvalue weighted by molar-refractivity contribution is 0.0359. The van der Waals surface area contributed by atoms with Gasteiger partial charge in [0.15, 0.2) is 0 Å². The highest BCUT2D eigenvalue weighted by molar-refractivity contribution is 6.64. The van der Waals surface area contributed by atoms with Gasteiger partial charge >= 0.3 is 8.56 Å². The van der Waals surface area contributed by atoms with Crippen molar-refractivity contribution in [3.05, 3.63) is 71.8 Å². The largest absolute Gasteiger partial charge is 0.390 e. The standard InChI is InChI=1S/C19H23NO2Si/c1-23(2)21-17-13-18(20-14-17)19(22-23,15-9-5-3-6-10-15)16-11-7-4-8-12-16/h3-12,17-18,20H,13-14H2,1-2H3/t17-,18-/m1/s1. The van der Waals surface area contributed by atoms with Gasteiger partial charge in [0.25, 0.3) is 0 Å². The molecule has 0 saturated carbocycles. The second kappa shape index (κ2) is 5.56. The summed E-state index contributed by atoms with van der Waals surface area (Å²) in [6.07, 6.45) is 1.25. The van der Waals surface area contributed by atoms with Crippen molar-refractivity contribution >= 4 is 8.56 Å². The Labute approximate surface area is 138 Å². The van der Waals surface area contributed by atoms with Crippen LogP contribution in [0.5, 0.6) is 0 Å². The fraction of sp³-hybridized carbons (Fsp3) is 0.368. The first kappa shape index (κ1) is 15.1. The second-order valence-corrected chi connectivity index (χ2v) is 10.1. The topological polar surface area (TPSA) is 30.5 Å². The lowest BCUT2D eigenvalue weighted by Gasteiger charge is -2.43. The van der Waals surface area contributed by atoms with Gasteiger partial charge in [0.1, 0.15) is 5.60 Å². The van der Waals surface area contributed by atoms with Gasteiger partial charge in [0.05, 0.1) is 6.10 Å². The first-order valence-corrected chi connectivity index (χ1v) is 11.1. The van der Waals surface area contributed by atoms with Crippen LogP contribution in [0, 0.1) is 0 Å². The third kappa shape index (κ3) is 2.56. The van der Waals surface area contributed by atoms with E-state index in [4.69, 9.17) is 8.85 Å². The summed E-state index contributed by atoms with van der Waals surface area (Å²) in [6.45, 7) is 5.23. The first-order valence-electron chi connectivity index (χ1n) is 8.33. The quantitative estimate of drug-likeness (QED) is 0.858. The lowest BCUT2D eigenvalue weighted by Crippen LogP contribution is -2.54. The fourth-order valence-corrected chi connectivity index (χ4v) is 6.23. The molecule has 2 bridgehead atoms. The molecular weight excluding hydrogens is 302 g/mol. The first-order chi connectivity index (χ1) is 11.1. The minimum Gasteiger partial charge on any atom is -0.390 e. The molecule has 2 aromatic rings. The average molecular weight is 325 g/mol. The van der Waals surface area contributed by atoms with Crippen molar-refractivity contribution in [2.75, 3.05) is 6.54 Å². The van der Waals surface area contributed by atoms with E-state index < -0.39 is 14.2 Å². The van der Waals surface area contributed by atoms with Gasteiger partial charge < -0.3 is 14.2 Å². The average Bonchev–Trinajstić information content (AvgIpc) is 2.97. The van der Waals surface area contributed by atoms with Crippen LogP contribution in [0.4, 0.5) is 0 Å². The molecule has 2 aliphatic heterocycles. The van der Waals surface area contributed by atoms with Gasteiger partial charge in [-0.25, -0.2) is 0 Å². The zero-order chi connectivity index (χ0) is 15.9. The summed E-state index contributed by atoms with van der Waals surface area (Å²) >= 11 is 0. The number of hydrogen-bond acceptors (Lipinski definition) is 3. The zero-order valence-corrected chi connectivity index (χ0v) is 14.7. The van der Waals surface area contributed by atoms with Crippen molar-refractivity contribution in [3.8, 4) is 0 Å². The molecule has 0 radical (unpaired) electrons.